The fraction of sp³-hybridized carbons (Fsp3) is 0.571. The van der Waals surface area contributed by atoms with Crippen LogP contribution in [0.5, 0.6) is 0 Å². The maximum atomic E-state index is 10.5. The molecule has 0 atom stereocenters. The highest BCUT2D eigenvalue weighted by Gasteiger charge is 1.97. The first-order chi connectivity index (χ1) is 5.68. The van der Waals surface area contributed by atoms with E-state index >= 15 is 0 Å². The Morgan fingerprint density at radius 1 is 1.75 bits per heavy atom. The second-order valence-electron chi connectivity index (χ2n) is 2.62. The largest absolute Gasteiger partial charge is 0.356 e. The van der Waals surface area contributed by atoms with E-state index in [0.29, 0.717) is 6.54 Å². The smallest absolute Gasteiger partial charge is 0.216 e. The van der Waals surface area contributed by atoms with Crippen LogP contribution < -0.4 is 5.32 Å². The number of rotatable bonds is 3. The number of hydrogen-bond donors (Lipinski definition) is 1. The van der Waals surface area contributed by atoms with E-state index in [-0.39, 0.29) is 5.91 Å². The first-order valence-electron chi connectivity index (χ1n) is 3.78. The van der Waals surface area contributed by atoms with E-state index in [4.69, 9.17) is 0 Å². The fourth-order valence-electron chi connectivity index (χ4n) is 0.876. The normalized spacial score (nSPS) is 9.83. The van der Waals surface area contributed by atoms with Crippen molar-refractivity contribution in [1.29, 1.82) is 0 Å². The van der Waals surface area contributed by atoms with E-state index < -0.39 is 0 Å². The molecule has 0 aromatic carbocycles. The van der Waals surface area contributed by atoms with Gasteiger partial charge in [-0.2, -0.15) is 0 Å². The van der Waals surface area contributed by atoms with E-state index in [1.807, 2.05) is 13.2 Å². The van der Waals surface area contributed by atoms with Gasteiger partial charge in [0.05, 0.1) is 5.69 Å². The van der Waals surface area contributed by atoms with Crippen molar-refractivity contribution in [2.24, 2.45) is 7.05 Å². The van der Waals surface area contributed by atoms with Crippen molar-refractivity contribution in [3.05, 3.63) is 11.9 Å². The summed E-state index contributed by atoms with van der Waals surface area (Å²) in [4.78, 5) is 10.5. The highest BCUT2D eigenvalue weighted by Crippen LogP contribution is 1.90. The van der Waals surface area contributed by atoms with E-state index in [0.717, 1.165) is 12.1 Å². The molecule has 0 bridgehead atoms. The molecular formula is C7H12N4O. The van der Waals surface area contributed by atoms with Gasteiger partial charge in [-0.1, -0.05) is 5.21 Å². The number of carbonyl (C=O) groups is 1. The predicted octanol–water partition coefficient (Wildman–Crippen LogP) is -0.506. The molecule has 0 spiro atoms. The lowest BCUT2D eigenvalue weighted by atomic mass is 10.3. The average Bonchev–Trinajstić information content (AvgIpc) is 2.35. The van der Waals surface area contributed by atoms with Gasteiger partial charge in [0.15, 0.2) is 0 Å². The van der Waals surface area contributed by atoms with Crippen molar-refractivity contribution >= 4 is 5.91 Å². The summed E-state index contributed by atoms with van der Waals surface area (Å²) in [7, 11) is 1.81. The molecular weight excluding hydrogens is 156 g/mol. The van der Waals surface area contributed by atoms with Crippen molar-refractivity contribution in [2.45, 2.75) is 13.3 Å². The topological polar surface area (TPSA) is 59.8 Å². The van der Waals surface area contributed by atoms with Crippen molar-refractivity contribution < 1.29 is 4.79 Å². The number of aryl methyl sites for hydroxylation is 1. The lowest BCUT2D eigenvalue weighted by molar-refractivity contribution is -0.118. The fourth-order valence-corrected chi connectivity index (χ4v) is 0.876. The molecule has 0 aliphatic carbocycles. The molecule has 1 rings (SSSR count). The van der Waals surface area contributed by atoms with E-state index in [2.05, 4.69) is 15.6 Å². The van der Waals surface area contributed by atoms with Crippen LogP contribution in [0.3, 0.4) is 0 Å². The minimum Gasteiger partial charge on any atom is -0.356 e. The summed E-state index contributed by atoms with van der Waals surface area (Å²) in [5, 5.41) is 10.3. The van der Waals surface area contributed by atoms with Gasteiger partial charge >= 0.3 is 0 Å². The average molecular weight is 168 g/mol. The Labute approximate surface area is 70.8 Å². The molecule has 0 saturated carbocycles. The molecule has 1 heterocycles. The van der Waals surface area contributed by atoms with Crippen LogP contribution in [0.4, 0.5) is 0 Å². The Balaban J connectivity index is 2.29. The summed E-state index contributed by atoms with van der Waals surface area (Å²) in [5.41, 5.74) is 0.895. The molecule has 0 saturated heterocycles. The minimum absolute atomic E-state index is 0.0149. The maximum absolute atomic E-state index is 10.5. The van der Waals surface area contributed by atoms with Gasteiger partial charge < -0.3 is 5.32 Å². The van der Waals surface area contributed by atoms with Crippen LogP contribution in [-0.2, 0) is 18.3 Å². The SMILES string of the molecule is CC(=O)NCCc1cn(C)nn1. The summed E-state index contributed by atoms with van der Waals surface area (Å²) in [5.74, 6) is -0.0149. The quantitative estimate of drug-likeness (QED) is 0.661. The molecule has 1 amide bonds. The van der Waals surface area contributed by atoms with Crippen LogP contribution in [-0.4, -0.2) is 27.4 Å². The number of carbonyl (C=O) groups excluding carboxylic acids is 1. The van der Waals surface area contributed by atoms with Gasteiger partial charge in [-0.05, 0) is 0 Å². The Bertz CT molecular complexity index is 268. The minimum atomic E-state index is -0.0149. The van der Waals surface area contributed by atoms with Gasteiger partial charge in [0.25, 0.3) is 0 Å². The summed E-state index contributed by atoms with van der Waals surface area (Å²) in [6.45, 7) is 2.12. The van der Waals surface area contributed by atoms with E-state index in [1.165, 1.54) is 6.92 Å². The summed E-state index contributed by atoms with van der Waals surface area (Å²) in [6.07, 6.45) is 2.56. The standard InChI is InChI=1S/C7H12N4O/c1-6(12)8-4-3-7-5-11(2)10-9-7/h5H,3-4H2,1-2H3,(H,8,12). The molecule has 66 valence electrons. The van der Waals surface area contributed by atoms with Crippen LogP contribution in [0, 0.1) is 0 Å². The second-order valence-corrected chi connectivity index (χ2v) is 2.62. The van der Waals surface area contributed by atoms with Crippen LogP contribution in [0.1, 0.15) is 12.6 Å². The van der Waals surface area contributed by atoms with Crippen molar-refractivity contribution in [3.8, 4) is 0 Å². The summed E-state index contributed by atoms with van der Waals surface area (Å²) in [6, 6.07) is 0. The second kappa shape index (κ2) is 3.85. The highest BCUT2D eigenvalue weighted by molar-refractivity contribution is 5.72. The van der Waals surface area contributed by atoms with E-state index in [9.17, 15) is 4.79 Å². The molecule has 1 aromatic heterocycles. The monoisotopic (exact) mass is 168 g/mol. The summed E-state index contributed by atoms with van der Waals surface area (Å²) < 4.78 is 1.64. The van der Waals surface area contributed by atoms with Gasteiger partial charge in [0.2, 0.25) is 5.91 Å². The Morgan fingerprint density at radius 2 is 2.50 bits per heavy atom. The van der Waals surface area contributed by atoms with Gasteiger partial charge in [-0.3, -0.25) is 9.48 Å². The third kappa shape index (κ3) is 2.69. The van der Waals surface area contributed by atoms with Crippen molar-refractivity contribution in [3.63, 3.8) is 0 Å². The highest BCUT2D eigenvalue weighted by atomic mass is 16.1. The number of amides is 1. The van der Waals surface area contributed by atoms with Crippen LogP contribution in [0.15, 0.2) is 6.20 Å². The molecule has 0 radical (unpaired) electrons. The van der Waals surface area contributed by atoms with Crippen molar-refractivity contribution in [2.75, 3.05) is 6.54 Å². The van der Waals surface area contributed by atoms with Gasteiger partial charge in [-0.15, -0.1) is 5.10 Å². The molecule has 5 nitrogen and oxygen atoms in total. The number of aromatic nitrogens is 3. The predicted molar refractivity (Wildman–Crippen MR) is 43.4 cm³/mol. The maximum Gasteiger partial charge on any atom is 0.216 e. The number of nitrogens with one attached hydrogen (secondary N) is 1. The van der Waals surface area contributed by atoms with E-state index in [1.54, 1.807) is 4.68 Å². The first-order valence-corrected chi connectivity index (χ1v) is 3.78. The zero-order valence-electron chi connectivity index (χ0n) is 7.24. The van der Waals surface area contributed by atoms with Crippen molar-refractivity contribution in [1.82, 2.24) is 20.3 Å². The zero-order valence-corrected chi connectivity index (χ0v) is 7.24. The Hall–Kier alpha value is -1.39. The number of nitrogens with zero attached hydrogens (tertiary/aromatic N) is 3. The van der Waals surface area contributed by atoms with Crippen LogP contribution in [0.25, 0.3) is 0 Å². The molecule has 1 N–H and O–H groups in total. The van der Waals surface area contributed by atoms with Gasteiger partial charge in [0.1, 0.15) is 0 Å². The third-order valence-corrected chi connectivity index (χ3v) is 1.41. The molecule has 0 unspecified atom stereocenters. The molecule has 0 aliphatic rings. The molecule has 0 aliphatic heterocycles. The first kappa shape index (κ1) is 8.70. The van der Waals surface area contributed by atoms with Crippen LogP contribution >= 0.6 is 0 Å². The Kier molecular flexibility index (Phi) is 2.79. The third-order valence-electron chi connectivity index (χ3n) is 1.41. The number of hydrogen-bond acceptors (Lipinski definition) is 3. The van der Waals surface area contributed by atoms with Crippen LogP contribution in [0.2, 0.25) is 0 Å². The molecule has 12 heavy (non-hydrogen) atoms. The zero-order chi connectivity index (χ0) is 8.97. The molecule has 1 aromatic rings. The summed E-state index contributed by atoms with van der Waals surface area (Å²) >= 11 is 0. The lowest BCUT2D eigenvalue weighted by Gasteiger charge is -1.96. The molecule has 0 fully saturated rings. The Morgan fingerprint density at radius 3 is 3.00 bits per heavy atom. The van der Waals surface area contributed by atoms with Gasteiger partial charge in [-0.25, -0.2) is 0 Å². The molecule has 5 heteroatoms. The lowest BCUT2D eigenvalue weighted by Crippen LogP contribution is -2.22. The van der Waals surface area contributed by atoms with Gasteiger partial charge in [0, 0.05) is 33.1 Å².